The van der Waals surface area contributed by atoms with Crippen LogP contribution in [-0.4, -0.2) is 60.5 Å². The minimum absolute atomic E-state index is 0.0932. The highest BCUT2D eigenvalue weighted by Gasteiger charge is 2.22. The predicted octanol–water partition coefficient (Wildman–Crippen LogP) is 2.72. The number of likely N-dealkylation sites (N-methyl/N-ethyl adjacent to an activating group) is 1. The van der Waals surface area contributed by atoms with Gasteiger partial charge in [0.25, 0.3) is 5.91 Å². The average molecular weight is 327 g/mol. The fourth-order valence-corrected chi connectivity index (χ4v) is 3.25. The van der Waals surface area contributed by atoms with Gasteiger partial charge in [-0.3, -0.25) is 9.78 Å². The smallest absolute Gasteiger partial charge is 0.255 e. The lowest BCUT2D eigenvalue weighted by molar-refractivity contribution is 0.0760. The molecule has 1 amide bonds. The second-order valence-corrected chi connectivity index (χ2v) is 6.26. The van der Waals surface area contributed by atoms with E-state index in [4.69, 9.17) is 4.74 Å². The summed E-state index contributed by atoms with van der Waals surface area (Å²) in [6, 6.07) is 7.72. The minimum Gasteiger partial charge on any atom is -0.497 e. The maximum Gasteiger partial charge on any atom is 0.255 e. The maximum atomic E-state index is 13.0. The number of nitrogens with zero attached hydrogens (tertiary/aromatic N) is 3. The van der Waals surface area contributed by atoms with Gasteiger partial charge in [-0.1, -0.05) is 6.92 Å². The normalized spacial score (nSPS) is 16.2. The van der Waals surface area contributed by atoms with Crippen molar-refractivity contribution in [1.82, 2.24) is 14.8 Å². The average Bonchev–Trinajstić information content (AvgIpc) is 2.85. The first-order valence-electron chi connectivity index (χ1n) is 8.59. The van der Waals surface area contributed by atoms with E-state index in [1.54, 1.807) is 7.11 Å². The molecule has 0 unspecified atom stereocenters. The molecule has 0 bridgehead atoms. The van der Waals surface area contributed by atoms with Crippen molar-refractivity contribution in [2.45, 2.75) is 20.3 Å². The van der Waals surface area contributed by atoms with Crippen molar-refractivity contribution >= 4 is 16.8 Å². The van der Waals surface area contributed by atoms with Gasteiger partial charge in [0.2, 0.25) is 0 Å². The number of carbonyl (C=O) groups is 1. The van der Waals surface area contributed by atoms with E-state index in [0.29, 0.717) is 5.56 Å². The van der Waals surface area contributed by atoms with Crippen molar-refractivity contribution in [3.05, 3.63) is 35.5 Å². The van der Waals surface area contributed by atoms with Gasteiger partial charge in [-0.25, -0.2) is 0 Å². The number of benzene rings is 1. The van der Waals surface area contributed by atoms with Crippen LogP contribution in [0.15, 0.2) is 24.3 Å². The lowest BCUT2D eigenvalue weighted by atomic mass is 10.1. The number of carbonyl (C=O) groups excluding carboxylic acids is 1. The molecule has 1 aliphatic rings. The first-order valence-corrected chi connectivity index (χ1v) is 8.59. The summed E-state index contributed by atoms with van der Waals surface area (Å²) < 4.78 is 5.25. The molecular formula is C19H25N3O2. The SMILES string of the molecule is CCN1CCCN(C(=O)c2cc3ccc(OC)cc3nc2C)CC1. The summed E-state index contributed by atoms with van der Waals surface area (Å²) in [4.78, 5) is 22.0. The summed E-state index contributed by atoms with van der Waals surface area (Å²) in [6.45, 7) is 8.72. The van der Waals surface area contributed by atoms with Gasteiger partial charge in [0.1, 0.15) is 5.75 Å². The van der Waals surface area contributed by atoms with Gasteiger partial charge < -0.3 is 14.5 Å². The van der Waals surface area contributed by atoms with Gasteiger partial charge >= 0.3 is 0 Å². The molecule has 1 aromatic heterocycles. The summed E-state index contributed by atoms with van der Waals surface area (Å²) in [5.41, 5.74) is 2.34. The number of ether oxygens (including phenoxy) is 1. The van der Waals surface area contributed by atoms with Gasteiger partial charge in [-0.15, -0.1) is 0 Å². The van der Waals surface area contributed by atoms with Gasteiger partial charge in [0.05, 0.1) is 23.9 Å². The predicted molar refractivity (Wildman–Crippen MR) is 95.7 cm³/mol. The monoisotopic (exact) mass is 327 g/mol. The van der Waals surface area contributed by atoms with Gasteiger partial charge in [-0.2, -0.15) is 0 Å². The van der Waals surface area contributed by atoms with E-state index >= 15 is 0 Å². The van der Waals surface area contributed by atoms with Crippen LogP contribution in [0.3, 0.4) is 0 Å². The molecule has 0 radical (unpaired) electrons. The van der Waals surface area contributed by atoms with Crippen LogP contribution in [0.4, 0.5) is 0 Å². The largest absolute Gasteiger partial charge is 0.497 e. The zero-order chi connectivity index (χ0) is 17.1. The zero-order valence-electron chi connectivity index (χ0n) is 14.7. The summed E-state index contributed by atoms with van der Waals surface area (Å²) in [5, 5.41) is 0.967. The molecule has 0 aliphatic carbocycles. The number of amides is 1. The van der Waals surface area contributed by atoms with Crippen LogP contribution in [0, 0.1) is 6.92 Å². The van der Waals surface area contributed by atoms with E-state index < -0.39 is 0 Å². The molecule has 1 fully saturated rings. The first-order chi connectivity index (χ1) is 11.6. The summed E-state index contributed by atoms with van der Waals surface area (Å²) >= 11 is 0. The Kier molecular flexibility index (Phi) is 5.00. The highest BCUT2D eigenvalue weighted by Crippen LogP contribution is 2.22. The molecule has 0 atom stereocenters. The van der Waals surface area contributed by atoms with Crippen LogP contribution in [0.1, 0.15) is 29.4 Å². The van der Waals surface area contributed by atoms with E-state index in [0.717, 1.165) is 61.5 Å². The summed E-state index contributed by atoms with van der Waals surface area (Å²) in [7, 11) is 1.64. The Morgan fingerprint density at radius 2 is 2.04 bits per heavy atom. The Hall–Kier alpha value is -2.14. The van der Waals surface area contributed by atoms with E-state index in [-0.39, 0.29) is 5.91 Å². The molecule has 0 spiro atoms. The lowest BCUT2D eigenvalue weighted by Gasteiger charge is -2.22. The molecule has 24 heavy (non-hydrogen) atoms. The third-order valence-electron chi connectivity index (χ3n) is 4.77. The molecule has 1 aromatic carbocycles. The Balaban J connectivity index is 1.88. The van der Waals surface area contributed by atoms with Crippen molar-refractivity contribution < 1.29 is 9.53 Å². The van der Waals surface area contributed by atoms with Crippen LogP contribution in [0.2, 0.25) is 0 Å². The molecule has 0 N–H and O–H groups in total. The van der Waals surface area contributed by atoms with E-state index in [2.05, 4.69) is 16.8 Å². The van der Waals surface area contributed by atoms with Crippen LogP contribution >= 0.6 is 0 Å². The third kappa shape index (κ3) is 3.36. The fourth-order valence-electron chi connectivity index (χ4n) is 3.25. The molecule has 2 heterocycles. The number of methoxy groups -OCH3 is 1. The number of fused-ring (bicyclic) bond motifs is 1. The molecule has 0 saturated carbocycles. The quantitative estimate of drug-likeness (QED) is 0.869. The van der Waals surface area contributed by atoms with Crippen molar-refractivity contribution in [3.63, 3.8) is 0 Å². The topological polar surface area (TPSA) is 45.7 Å². The molecular weight excluding hydrogens is 302 g/mol. The molecule has 5 nitrogen and oxygen atoms in total. The number of hydrogen-bond donors (Lipinski definition) is 0. The Morgan fingerprint density at radius 3 is 2.79 bits per heavy atom. The Labute approximate surface area is 143 Å². The van der Waals surface area contributed by atoms with Crippen LogP contribution in [0.25, 0.3) is 10.9 Å². The standard InChI is InChI=1S/C19H25N3O2/c1-4-21-8-5-9-22(11-10-21)19(23)17-12-15-6-7-16(24-3)13-18(15)20-14(17)2/h6-7,12-13H,4-5,8-11H2,1-3H3. The van der Waals surface area contributed by atoms with E-state index in [1.807, 2.05) is 36.1 Å². The summed E-state index contributed by atoms with van der Waals surface area (Å²) in [5.74, 6) is 0.872. The molecule has 5 heteroatoms. The molecule has 1 aliphatic heterocycles. The third-order valence-corrected chi connectivity index (χ3v) is 4.77. The minimum atomic E-state index is 0.0932. The van der Waals surface area contributed by atoms with Crippen LogP contribution in [0.5, 0.6) is 5.75 Å². The first kappa shape index (κ1) is 16.7. The zero-order valence-corrected chi connectivity index (χ0v) is 14.7. The number of pyridine rings is 1. The van der Waals surface area contributed by atoms with E-state index in [1.165, 1.54) is 0 Å². The van der Waals surface area contributed by atoms with Crippen LogP contribution < -0.4 is 4.74 Å². The van der Waals surface area contributed by atoms with Gasteiger partial charge in [0.15, 0.2) is 0 Å². The number of aryl methyl sites for hydroxylation is 1. The summed E-state index contributed by atoms with van der Waals surface area (Å²) in [6.07, 6.45) is 1.02. The number of rotatable bonds is 3. The highest BCUT2D eigenvalue weighted by molar-refractivity contribution is 5.98. The molecule has 128 valence electrons. The second kappa shape index (κ2) is 7.18. The van der Waals surface area contributed by atoms with E-state index in [9.17, 15) is 4.79 Å². The lowest BCUT2D eigenvalue weighted by Crippen LogP contribution is -2.35. The maximum absolute atomic E-state index is 13.0. The number of aromatic nitrogens is 1. The van der Waals surface area contributed by atoms with Crippen molar-refractivity contribution in [2.24, 2.45) is 0 Å². The van der Waals surface area contributed by atoms with Crippen LogP contribution in [-0.2, 0) is 0 Å². The Morgan fingerprint density at radius 1 is 1.21 bits per heavy atom. The molecule has 2 aromatic rings. The fraction of sp³-hybridized carbons (Fsp3) is 0.474. The van der Waals surface area contributed by atoms with Gasteiger partial charge in [-0.05, 0) is 44.6 Å². The Bertz CT molecular complexity index is 745. The van der Waals surface area contributed by atoms with Crippen molar-refractivity contribution in [2.75, 3.05) is 39.8 Å². The number of hydrogen-bond acceptors (Lipinski definition) is 4. The van der Waals surface area contributed by atoms with Crippen molar-refractivity contribution in [1.29, 1.82) is 0 Å². The van der Waals surface area contributed by atoms with Gasteiger partial charge in [0, 0.05) is 31.1 Å². The van der Waals surface area contributed by atoms with Crippen molar-refractivity contribution in [3.8, 4) is 5.75 Å². The molecule has 3 rings (SSSR count). The highest BCUT2D eigenvalue weighted by atomic mass is 16.5. The molecule has 1 saturated heterocycles. The second-order valence-electron chi connectivity index (χ2n) is 6.26.